The smallest absolute Gasteiger partial charge is 0.241 e. The second-order valence-electron chi connectivity index (χ2n) is 7.13. The molecule has 1 aromatic carbocycles. The van der Waals surface area contributed by atoms with Gasteiger partial charge in [0.2, 0.25) is 15.9 Å². The summed E-state index contributed by atoms with van der Waals surface area (Å²) in [6.45, 7) is 1.15. The maximum Gasteiger partial charge on any atom is 0.241 e. The summed E-state index contributed by atoms with van der Waals surface area (Å²) < 4.78 is 41.2. The molecule has 1 heterocycles. The first-order chi connectivity index (χ1) is 12.4. The van der Waals surface area contributed by atoms with E-state index in [2.05, 4.69) is 20.7 Å². The lowest BCUT2D eigenvalue weighted by Gasteiger charge is -2.35. The second-order valence-corrected chi connectivity index (χ2v) is 9.67. The van der Waals surface area contributed by atoms with E-state index in [9.17, 15) is 17.6 Å². The summed E-state index contributed by atoms with van der Waals surface area (Å²) in [6, 6.07) is 3.31. The van der Waals surface area contributed by atoms with Crippen LogP contribution in [0.2, 0.25) is 0 Å². The standard InChI is InChI=1S/C18H24BrFN2O3S/c19-16-12-14(20)6-7-17(16)26(24,25)21-15-8-10-22(11-9-15)18(23)13-4-2-1-3-5-13/h6-7,12-13,15,21H,1-5,8-11H2. The first-order valence-electron chi connectivity index (χ1n) is 9.13. The molecule has 1 N–H and O–H groups in total. The zero-order chi connectivity index (χ0) is 18.7. The first-order valence-corrected chi connectivity index (χ1v) is 11.4. The van der Waals surface area contributed by atoms with Gasteiger partial charge in [0.1, 0.15) is 5.82 Å². The Morgan fingerprint density at radius 2 is 1.77 bits per heavy atom. The largest absolute Gasteiger partial charge is 0.342 e. The van der Waals surface area contributed by atoms with Crippen molar-refractivity contribution < 1.29 is 17.6 Å². The van der Waals surface area contributed by atoms with Crippen molar-refractivity contribution >= 4 is 31.9 Å². The SMILES string of the molecule is O=C(C1CCCCC1)N1CCC(NS(=O)(=O)c2ccc(F)cc2Br)CC1. The molecule has 3 rings (SSSR count). The van der Waals surface area contributed by atoms with Gasteiger partial charge >= 0.3 is 0 Å². The molecule has 1 saturated heterocycles. The lowest BCUT2D eigenvalue weighted by atomic mass is 9.87. The third-order valence-electron chi connectivity index (χ3n) is 5.27. The summed E-state index contributed by atoms with van der Waals surface area (Å²) in [5.41, 5.74) is 0. The number of hydrogen-bond donors (Lipinski definition) is 1. The van der Waals surface area contributed by atoms with Crippen molar-refractivity contribution in [2.45, 2.75) is 55.9 Å². The van der Waals surface area contributed by atoms with Gasteiger partial charge in [-0.25, -0.2) is 17.5 Å². The monoisotopic (exact) mass is 446 g/mol. The van der Waals surface area contributed by atoms with E-state index in [0.717, 1.165) is 37.8 Å². The molecule has 0 radical (unpaired) electrons. The second kappa shape index (κ2) is 8.35. The van der Waals surface area contributed by atoms with Crippen molar-refractivity contribution in [2.75, 3.05) is 13.1 Å². The Hall–Kier alpha value is -0.990. The number of carbonyl (C=O) groups excluding carboxylic acids is 1. The number of likely N-dealkylation sites (tertiary alicyclic amines) is 1. The summed E-state index contributed by atoms with van der Waals surface area (Å²) in [4.78, 5) is 14.5. The minimum absolute atomic E-state index is 0.0274. The van der Waals surface area contributed by atoms with Crippen LogP contribution in [0.5, 0.6) is 0 Å². The fourth-order valence-electron chi connectivity index (χ4n) is 3.80. The van der Waals surface area contributed by atoms with Crippen LogP contribution >= 0.6 is 15.9 Å². The molecular weight excluding hydrogens is 423 g/mol. The predicted octanol–water partition coefficient (Wildman–Crippen LogP) is 3.44. The van der Waals surface area contributed by atoms with Crippen LogP contribution in [0.4, 0.5) is 4.39 Å². The van der Waals surface area contributed by atoms with Crippen molar-refractivity contribution in [2.24, 2.45) is 5.92 Å². The van der Waals surface area contributed by atoms with E-state index in [1.165, 1.54) is 12.5 Å². The Labute approximate surface area is 162 Å². The molecule has 0 bridgehead atoms. The van der Waals surface area contributed by atoms with Gasteiger partial charge in [0.15, 0.2) is 0 Å². The summed E-state index contributed by atoms with van der Waals surface area (Å²) >= 11 is 3.11. The third kappa shape index (κ3) is 4.64. The zero-order valence-electron chi connectivity index (χ0n) is 14.6. The van der Waals surface area contributed by atoms with E-state index in [1.54, 1.807) is 0 Å². The summed E-state index contributed by atoms with van der Waals surface area (Å²) in [5, 5.41) is 0. The van der Waals surface area contributed by atoms with E-state index in [4.69, 9.17) is 0 Å². The molecule has 2 fully saturated rings. The van der Waals surface area contributed by atoms with Gasteiger partial charge in [-0.1, -0.05) is 19.3 Å². The van der Waals surface area contributed by atoms with Crippen LogP contribution in [-0.4, -0.2) is 38.4 Å². The Balaban J connectivity index is 1.57. The van der Waals surface area contributed by atoms with Crippen LogP contribution < -0.4 is 4.72 Å². The van der Waals surface area contributed by atoms with Crippen LogP contribution in [0.25, 0.3) is 0 Å². The average Bonchev–Trinajstić information content (AvgIpc) is 2.62. The lowest BCUT2D eigenvalue weighted by molar-refractivity contribution is -0.137. The molecule has 1 amide bonds. The minimum Gasteiger partial charge on any atom is -0.342 e. The van der Waals surface area contributed by atoms with Crippen molar-refractivity contribution in [3.63, 3.8) is 0 Å². The van der Waals surface area contributed by atoms with E-state index in [0.29, 0.717) is 25.9 Å². The van der Waals surface area contributed by atoms with Crippen LogP contribution in [-0.2, 0) is 14.8 Å². The number of rotatable bonds is 4. The first kappa shape index (κ1) is 19.8. The molecule has 0 unspecified atom stereocenters. The Bertz CT molecular complexity index is 758. The molecular formula is C18H24BrFN2O3S. The zero-order valence-corrected chi connectivity index (χ0v) is 17.0. The summed E-state index contributed by atoms with van der Waals surface area (Å²) in [7, 11) is -3.73. The quantitative estimate of drug-likeness (QED) is 0.769. The van der Waals surface area contributed by atoms with Gasteiger partial charge in [-0.15, -0.1) is 0 Å². The van der Waals surface area contributed by atoms with Crippen LogP contribution in [0.1, 0.15) is 44.9 Å². The van der Waals surface area contributed by atoms with Crippen molar-refractivity contribution in [1.82, 2.24) is 9.62 Å². The average molecular weight is 447 g/mol. The Morgan fingerprint density at radius 1 is 1.12 bits per heavy atom. The molecule has 1 aromatic rings. The Morgan fingerprint density at radius 3 is 2.38 bits per heavy atom. The number of nitrogens with one attached hydrogen (secondary N) is 1. The highest BCUT2D eigenvalue weighted by molar-refractivity contribution is 9.10. The molecule has 0 atom stereocenters. The van der Waals surface area contributed by atoms with Gasteiger partial charge in [0.25, 0.3) is 0 Å². The number of benzene rings is 1. The molecule has 1 saturated carbocycles. The van der Waals surface area contributed by atoms with Gasteiger partial charge < -0.3 is 4.90 Å². The third-order valence-corrected chi connectivity index (χ3v) is 7.76. The topological polar surface area (TPSA) is 66.5 Å². The van der Waals surface area contributed by atoms with Gasteiger partial charge in [-0.3, -0.25) is 4.79 Å². The fourth-order valence-corrected chi connectivity index (χ4v) is 6.16. The molecule has 8 heteroatoms. The maximum atomic E-state index is 13.2. The summed E-state index contributed by atoms with van der Waals surface area (Å²) in [6.07, 6.45) is 6.60. The molecule has 1 aliphatic heterocycles. The van der Waals surface area contributed by atoms with E-state index >= 15 is 0 Å². The van der Waals surface area contributed by atoms with Crippen molar-refractivity contribution in [3.05, 3.63) is 28.5 Å². The Kier molecular flexibility index (Phi) is 6.35. The van der Waals surface area contributed by atoms with Gasteiger partial charge in [-0.2, -0.15) is 0 Å². The highest BCUT2D eigenvalue weighted by Crippen LogP contribution is 2.27. The van der Waals surface area contributed by atoms with Crippen molar-refractivity contribution in [3.8, 4) is 0 Å². The number of amides is 1. The molecule has 0 aromatic heterocycles. The van der Waals surface area contributed by atoms with Crippen LogP contribution in [0.15, 0.2) is 27.6 Å². The van der Waals surface area contributed by atoms with Crippen LogP contribution in [0.3, 0.4) is 0 Å². The minimum atomic E-state index is -3.73. The molecule has 2 aliphatic rings. The molecule has 1 aliphatic carbocycles. The predicted molar refractivity (Wildman–Crippen MR) is 101 cm³/mol. The number of hydrogen-bond acceptors (Lipinski definition) is 3. The fraction of sp³-hybridized carbons (Fsp3) is 0.611. The molecule has 26 heavy (non-hydrogen) atoms. The number of halogens is 2. The normalized spacial score (nSPS) is 20.3. The van der Waals surface area contributed by atoms with E-state index in [1.807, 2.05) is 4.90 Å². The highest BCUT2D eigenvalue weighted by atomic mass is 79.9. The molecule has 144 valence electrons. The highest BCUT2D eigenvalue weighted by Gasteiger charge is 2.31. The number of piperidine rings is 1. The van der Waals surface area contributed by atoms with Crippen molar-refractivity contribution in [1.29, 1.82) is 0 Å². The number of carbonyl (C=O) groups is 1. The maximum absolute atomic E-state index is 13.2. The van der Waals surface area contributed by atoms with E-state index < -0.39 is 15.8 Å². The van der Waals surface area contributed by atoms with Crippen LogP contribution in [0, 0.1) is 11.7 Å². The van der Waals surface area contributed by atoms with Gasteiger partial charge in [0.05, 0.1) is 4.90 Å². The number of sulfonamides is 1. The van der Waals surface area contributed by atoms with E-state index in [-0.39, 0.29) is 27.2 Å². The van der Waals surface area contributed by atoms with Gasteiger partial charge in [0, 0.05) is 29.5 Å². The number of nitrogens with zero attached hydrogens (tertiary/aromatic N) is 1. The molecule has 0 spiro atoms. The summed E-state index contributed by atoms with van der Waals surface area (Å²) in [5.74, 6) is -0.121. The van der Waals surface area contributed by atoms with Gasteiger partial charge in [-0.05, 0) is 59.8 Å². The lowest BCUT2D eigenvalue weighted by Crippen LogP contribution is -2.48. The molecule has 5 nitrogen and oxygen atoms in total.